The topological polar surface area (TPSA) is 141 Å². The Morgan fingerprint density at radius 1 is 0.223 bits per heavy atom. The van der Waals surface area contributed by atoms with Crippen molar-refractivity contribution in [2.24, 2.45) is 0 Å². The second-order valence-electron chi connectivity index (χ2n) is 28.3. The third-order valence-corrected chi connectivity index (χ3v) is 19.1. The fourth-order valence-corrected chi connectivity index (χ4v) is 12.8. The second-order valence-corrected chi connectivity index (χ2v) is 28.3. The van der Waals surface area contributed by atoms with E-state index in [1.807, 2.05) is 0 Å². The van der Waals surface area contributed by atoms with Gasteiger partial charge in [-0.3, -0.25) is 38.7 Å². The number of unbranched alkanes of at least 4 members (excludes halogenated alkanes) is 45. The van der Waals surface area contributed by atoms with Crippen LogP contribution < -0.4 is 0 Å². The Balaban J connectivity index is 6.29. The first-order valence-electron chi connectivity index (χ1n) is 41.0. The molecule has 0 fully saturated rings. The summed E-state index contributed by atoms with van der Waals surface area (Å²) in [4.78, 5) is 73.8. The SMILES string of the molecule is CCCCCCCCCCCCOC(=O)CCN(CC(C)N(CCC(=O)OCCCCCCCCCCCC)CCC(=O)OCCCCCCCCCCCC)CC(C)N(CCC(=O)OCCCCCCCCCCCC)CCC(=O)OCCCCCCCCCCCC. The zero-order chi connectivity index (χ0) is 68.7. The maximum Gasteiger partial charge on any atom is 0.307 e. The van der Waals surface area contributed by atoms with Gasteiger partial charge in [-0.1, -0.05) is 324 Å². The molecule has 0 aliphatic carbocycles. The zero-order valence-corrected chi connectivity index (χ0v) is 63.5. The van der Waals surface area contributed by atoms with Crippen molar-refractivity contribution < 1.29 is 47.7 Å². The van der Waals surface area contributed by atoms with Gasteiger partial charge in [0.1, 0.15) is 0 Å². The van der Waals surface area contributed by atoms with Gasteiger partial charge in [-0.2, -0.15) is 0 Å². The molecule has 0 amide bonds. The second kappa shape index (κ2) is 73.0. The van der Waals surface area contributed by atoms with Gasteiger partial charge in [-0.05, 0) is 46.0 Å². The Hall–Kier alpha value is -2.77. The zero-order valence-electron chi connectivity index (χ0n) is 63.5. The molecular weight excluding hydrogens is 1170 g/mol. The van der Waals surface area contributed by atoms with E-state index in [1.54, 1.807) is 0 Å². The normalized spacial score (nSPS) is 12.3. The van der Waals surface area contributed by atoms with E-state index >= 15 is 0 Å². The molecule has 0 bridgehead atoms. The van der Waals surface area contributed by atoms with Crippen LogP contribution in [-0.4, -0.2) is 135 Å². The van der Waals surface area contributed by atoms with Crippen LogP contribution in [0.2, 0.25) is 0 Å². The van der Waals surface area contributed by atoms with Crippen molar-refractivity contribution in [2.75, 3.05) is 78.8 Å². The van der Waals surface area contributed by atoms with Gasteiger partial charge in [0.25, 0.3) is 0 Å². The first kappa shape index (κ1) is 91.2. The van der Waals surface area contributed by atoms with Crippen LogP contribution in [-0.2, 0) is 47.7 Å². The standard InChI is InChI=1S/C81H157N3O10/c1-8-13-18-23-28-33-38-43-48-53-68-90-77(85)58-63-82(73-75(6)83(64-59-78(86)91-69-54-49-44-39-34-29-24-19-14-9-2)65-60-79(87)92-70-55-50-45-40-35-30-25-20-15-10-3)74-76(7)84(66-61-80(88)93-71-56-51-46-41-36-31-26-21-16-11-4)67-62-81(89)94-72-57-52-47-42-37-32-27-22-17-12-5/h75-76H,8-74H2,1-7H3. The average Bonchev–Trinajstić information content (AvgIpc) is 1.62. The monoisotopic (exact) mass is 1330 g/mol. The highest BCUT2D eigenvalue weighted by molar-refractivity contribution is 5.71. The summed E-state index contributed by atoms with van der Waals surface area (Å²) >= 11 is 0. The summed E-state index contributed by atoms with van der Waals surface area (Å²) in [7, 11) is 0. The fraction of sp³-hybridized carbons (Fsp3) is 0.938. The van der Waals surface area contributed by atoms with Gasteiger partial charge in [0.05, 0.1) is 65.1 Å². The van der Waals surface area contributed by atoms with E-state index in [0.717, 1.165) is 96.3 Å². The van der Waals surface area contributed by atoms with Crippen LogP contribution in [0.25, 0.3) is 0 Å². The van der Waals surface area contributed by atoms with E-state index in [-0.39, 0.29) is 74.0 Å². The molecule has 0 radical (unpaired) electrons. The highest BCUT2D eigenvalue weighted by Crippen LogP contribution is 2.18. The lowest BCUT2D eigenvalue weighted by Crippen LogP contribution is -2.49. The molecule has 2 unspecified atom stereocenters. The molecule has 0 N–H and O–H groups in total. The molecule has 556 valence electrons. The lowest BCUT2D eigenvalue weighted by Gasteiger charge is -2.37. The Morgan fingerprint density at radius 2 is 0.372 bits per heavy atom. The predicted molar refractivity (Wildman–Crippen MR) is 396 cm³/mol. The van der Waals surface area contributed by atoms with Crippen molar-refractivity contribution in [1.29, 1.82) is 0 Å². The van der Waals surface area contributed by atoms with Crippen LogP contribution in [0.4, 0.5) is 0 Å². The Kier molecular flexibility index (Phi) is 70.8. The Labute approximate surface area is 582 Å². The van der Waals surface area contributed by atoms with Crippen LogP contribution in [0.3, 0.4) is 0 Å². The largest absolute Gasteiger partial charge is 0.466 e. The van der Waals surface area contributed by atoms with E-state index in [9.17, 15) is 24.0 Å². The Morgan fingerprint density at radius 3 is 0.543 bits per heavy atom. The molecule has 2 atom stereocenters. The van der Waals surface area contributed by atoms with Gasteiger partial charge in [-0.25, -0.2) is 0 Å². The minimum absolute atomic E-state index is 0.116. The quantitative estimate of drug-likeness (QED) is 0.0324. The Bertz CT molecular complexity index is 1470. The molecular formula is C81H157N3O10. The smallest absolute Gasteiger partial charge is 0.307 e. The molecule has 0 saturated heterocycles. The first-order chi connectivity index (χ1) is 46.0. The molecule has 13 heteroatoms. The van der Waals surface area contributed by atoms with Crippen LogP contribution >= 0.6 is 0 Å². The highest BCUT2D eigenvalue weighted by Gasteiger charge is 2.25. The summed E-state index contributed by atoms with van der Waals surface area (Å²) in [5.41, 5.74) is 0. The van der Waals surface area contributed by atoms with Crippen molar-refractivity contribution in [2.45, 2.75) is 414 Å². The highest BCUT2D eigenvalue weighted by atomic mass is 16.5. The summed E-state index contributed by atoms with van der Waals surface area (Å²) in [6, 6.07) is -0.233. The third-order valence-electron chi connectivity index (χ3n) is 19.1. The molecule has 0 aliphatic rings. The van der Waals surface area contributed by atoms with Crippen molar-refractivity contribution in [3.05, 3.63) is 0 Å². The number of hydrogen-bond donors (Lipinski definition) is 0. The lowest BCUT2D eigenvalue weighted by molar-refractivity contribution is -0.146. The maximum atomic E-state index is 13.6. The van der Waals surface area contributed by atoms with E-state index < -0.39 is 0 Å². The van der Waals surface area contributed by atoms with E-state index in [1.165, 1.54) is 225 Å². The lowest BCUT2D eigenvalue weighted by atomic mass is 10.1. The van der Waals surface area contributed by atoms with Crippen LogP contribution in [0.15, 0.2) is 0 Å². The number of carbonyl (C=O) groups excluding carboxylic acids is 5. The van der Waals surface area contributed by atoms with Crippen molar-refractivity contribution in [3.63, 3.8) is 0 Å². The average molecular weight is 1330 g/mol. The summed E-state index contributed by atoms with van der Waals surface area (Å²) in [6.07, 6.45) is 61.6. The maximum absolute atomic E-state index is 13.6. The number of esters is 5. The number of hydrogen-bond acceptors (Lipinski definition) is 13. The number of ether oxygens (including phenoxy) is 5. The summed E-state index contributed by atoms with van der Waals surface area (Å²) in [5.74, 6) is -1.14. The molecule has 0 heterocycles. The summed E-state index contributed by atoms with van der Waals surface area (Å²) in [5, 5.41) is 0. The van der Waals surface area contributed by atoms with Gasteiger partial charge < -0.3 is 23.7 Å². The first-order valence-corrected chi connectivity index (χ1v) is 41.0. The molecule has 0 aliphatic heterocycles. The van der Waals surface area contributed by atoms with Gasteiger partial charge >= 0.3 is 29.8 Å². The molecule has 94 heavy (non-hydrogen) atoms. The van der Waals surface area contributed by atoms with Gasteiger partial charge in [0.15, 0.2) is 0 Å². The van der Waals surface area contributed by atoms with Crippen LogP contribution in [0, 0.1) is 0 Å². The van der Waals surface area contributed by atoms with Crippen molar-refractivity contribution in [1.82, 2.24) is 14.7 Å². The van der Waals surface area contributed by atoms with Crippen LogP contribution in [0.5, 0.6) is 0 Å². The molecule has 0 spiro atoms. The predicted octanol–water partition coefficient (Wildman–Crippen LogP) is 21.9. The summed E-state index contributed by atoms with van der Waals surface area (Å²) in [6.45, 7) is 20.9. The molecule has 0 rings (SSSR count). The molecule has 0 aromatic rings. The van der Waals surface area contributed by atoms with E-state index in [0.29, 0.717) is 78.8 Å². The van der Waals surface area contributed by atoms with Crippen molar-refractivity contribution >= 4 is 29.8 Å². The van der Waals surface area contributed by atoms with E-state index in [4.69, 9.17) is 23.7 Å². The molecule has 0 aromatic heterocycles. The third kappa shape index (κ3) is 65.2. The molecule has 13 nitrogen and oxygen atoms in total. The summed E-state index contributed by atoms with van der Waals surface area (Å²) < 4.78 is 29.1. The minimum Gasteiger partial charge on any atom is -0.466 e. The minimum atomic E-state index is -0.230. The van der Waals surface area contributed by atoms with Crippen molar-refractivity contribution in [3.8, 4) is 0 Å². The number of carbonyl (C=O) groups is 5. The number of nitrogens with zero attached hydrogens (tertiary/aromatic N) is 3. The van der Waals surface area contributed by atoms with Gasteiger partial charge in [0.2, 0.25) is 0 Å². The number of rotatable bonds is 76. The fourth-order valence-electron chi connectivity index (χ4n) is 12.8. The molecule has 0 aromatic carbocycles. The van der Waals surface area contributed by atoms with Crippen LogP contribution in [0.1, 0.15) is 402 Å². The molecule has 0 saturated carbocycles. The van der Waals surface area contributed by atoms with Gasteiger partial charge in [-0.15, -0.1) is 0 Å². The van der Waals surface area contributed by atoms with E-state index in [2.05, 4.69) is 63.2 Å². The van der Waals surface area contributed by atoms with Gasteiger partial charge in [0, 0.05) is 57.9 Å².